The van der Waals surface area contributed by atoms with E-state index in [1.165, 1.54) is 12.8 Å². The molecule has 0 bridgehead atoms. The van der Waals surface area contributed by atoms with Crippen molar-refractivity contribution in [2.75, 3.05) is 0 Å². The van der Waals surface area contributed by atoms with Crippen molar-refractivity contribution >= 4 is 23.2 Å². The van der Waals surface area contributed by atoms with Crippen LogP contribution < -0.4 is 20.9 Å². The molecule has 0 spiro atoms. The van der Waals surface area contributed by atoms with Gasteiger partial charge in [0.05, 0.1) is 0 Å². The Morgan fingerprint density at radius 1 is 1.03 bits per heavy atom. The van der Waals surface area contributed by atoms with Crippen LogP contribution >= 0.6 is 12.2 Å². The molecule has 0 heterocycles. The van der Waals surface area contributed by atoms with E-state index in [0.29, 0.717) is 35.2 Å². The highest BCUT2D eigenvalue weighted by molar-refractivity contribution is 7.80. The Morgan fingerprint density at radius 3 is 2.48 bits per heavy atom. The van der Waals surface area contributed by atoms with E-state index in [2.05, 4.69) is 30.0 Å². The van der Waals surface area contributed by atoms with Gasteiger partial charge in [-0.15, -0.1) is 0 Å². The lowest BCUT2D eigenvalue weighted by molar-refractivity contribution is 0.0943. The molecule has 0 aliphatic heterocycles. The van der Waals surface area contributed by atoms with Crippen LogP contribution in [0.15, 0.2) is 54.6 Å². The summed E-state index contributed by atoms with van der Waals surface area (Å²) in [5.41, 5.74) is 7.11. The Morgan fingerprint density at radius 2 is 1.76 bits per heavy atom. The molecule has 29 heavy (non-hydrogen) atoms. The fourth-order valence-corrected chi connectivity index (χ4v) is 3.82. The second-order valence-electron chi connectivity index (χ2n) is 7.73. The number of hydrogen-bond acceptors (Lipinski definition) is 3. The molecule has 1 fully saturated rings. The Bertz CT molecular complexity index is 811. The number of amides is 1. The van der Waals surface area contributed by atoms with E-state index in [1.807, 2.05) is 30.3 Å². The number of thiocarbonyl (C=S) groups is 1. The third-order valence-electron chi connectivity index (χ3n) is 5.68. The van der Waals surface area contributed by atoms with Crippen LogP contribution in [0.4, 0.5) is 0 Å². The largest absolute Gasteiger partial charge is 0.489 e. The van der Waals surface area contributed by atoms with E-state index < -0.39 is 0 Å². The first-order valence-electron chi connectivity index (χ1n) is 10.2. The molecule has 0 saturated heterocycles. The molecule has 3 rings (SSSR count). The SMILES string of the molecule is C[C@@H]1[C@H](C)CCC[C@H]1NC(=S)NNC(=O)c1ccc(OCc2ccccc2)cc1. The van der Waals surface area contributed by atoms with E-state index in [1.54, 1.807) is 24.3 Å². The lowest BCUT2D eigenvalue weighted by Gasteiger charge is -2.35. The topological polar surface area (TPSA) is 62.4 Å². The number of carbonyl (C=O) groups is 1. The molecule has 3 atom stereocenters. The predicted molar refractivity (Wildman–Crippen MR) is 120 cm³/mol. The number of hydrazine groups is 1. The van der Waals surface area contributed by atoms with Crippen molar-refractivity contribution in [1.29, 1.82) is 0 Å². The van der Waals surface area contributed by atoms with Gasteiger partial charge < -0.3 is 10.1 Å². The molecule has 1 aliphatic rings. The minimum Gasteiger partial charge on any atom is -0.489 e. The summed E-state index contributed by atoms with van der Waals surface area (Å²) in [6, 6.07) is 17.4. The highest BCUT2D eigenvalue weighted by Crippen LogP contribution is 2.29. The molecule has 1 saturated carbocycles. The van der Waals surface area contributed by atoms with E-state index in [4.69, 9.17) is 17.0 Å². The van der Waals surface area contributed by atoms with Crippen molar-refractivity contribution in [2.45, 2.75) is 45.8 Å². The van der Waals surface area contributed by atoms with Crippen molar-refractivity contribution < 1.29 is 9.53 Å². The smallest absolute Gasteiger partial charge is 0.269 e. The first-order valence-corrected chi connectivity index (χ1v) is 10.6. The lowest BCUT2D eigenvalue weighted by Crippen LogP contribution is -2.52. The zero-order chi connectivity index (χ0) is 20.6. The molecule has 6 heteroatoms. The lowest BCUT2D eigenvalue weighted by atomic mass is 9.78. The van der Waals surface area contributed by atoms with Gasteiger partial charge in [-0.1, -0.05) is 57.0 Å². The Labute approximate surface area is 178 Å². The molecule has 0 aromatic heterocycles. The fraction of sp³-hybridized carbons (Fsp3) is 0.391. The fourth-order valence-electron chi connectivity index (χ4n) is 3.62. The van der Waals surface area contributed by atoms with Gasteiger partial charge in [-0.25, -0.2) is 0 Å². The number of nitrogens with one attached hydrogen (secondary N) is 3. The van der Waals surface area contributed by atoms with E-state index in [0.717, 1.165) is 17.7 Å². The van der Waals surface area contributed by atoms with E-state index in [-0.39, 0.29) is 5.91 Å². The number of hydrogen-bond donors (Lipinski definition) is 3. The third kappa shape index (κ3) is 6.19. The third-order valence-corrected chi connectivity index (χ3v) is 5.90. The minimum atomic E-state index is -0.242. The summed E-state index contributed by atoms with van der Waals surface area (Å²) < 4.78 is 5.75. The molecule has 5 nitrogen and oxygen atoms in total. The van der Waals surface area contributed by atoms with Gasteiger partial charge in [0.25, 0.3) is 5.91 Å². The molecule has 0 radical (unpaired) electrons. The second-order valence-corrected chi connectivity index (χ2v) is 8.13. The van der Waals surface area contributed by atoms with Crippen molar-refractivity contribution in [3.8, 4) is 5.75 Å². The average Bonchev–Trinajstić information content (AvgIpc) is 2.75. The van der Waals surface area contributed by atoms with Crippen LogP contribution in [0.3, 0.4) is 0 Å². The second kappa shape index (κ2) is 10.3. The Balaban J connectivity index is 1.43. The first-order chi connectivity index (χ1) is 14.0. The number of ether oxygens (including phenoxy) is 1. The van der Waals surface area contributed by atoms with Gasteiger partial charge in [0.1, 0.15) is 12.4 Å². The molecule has 3 N–H and O–H groups in total. The van der Waals surface area contributed by atoms with Gasteiger partial charge in [0.2, 0.25) is 0 Å². The molecular formula is C23H29N3O2S. The maximum absolute atomic E-state index is 12.3. The van der Waals surface area contributed by atoms with Gasteiger partial charge >= 0.3 is 0 Å². The summed E-state index contributed by atoms with van der Waals surface area (Å²) in [6.07, 6.45) is 3.57. The maximum Gasteiger partial charge on any atom is 0.269 e. The highest BCUT2D eigenvalue weighted by atomic mass is 32.1. The Kier molecular flexibility index (Phi) is 7.47. The predicted octanol–water partition coefficient (Wildman–Crippen LogP) is 4.20. The van der Waals surface area contributed by atoms with Gasteiger partial charge in [-0.3, -0.25) is 15.6 Å². The average molecular weight is 412 g/mol. The highest BCUT2D eigenvalue weighted by Gasteiger charge is 2.27. The van der Waals surface area contributed by atoms with Crippen LogP contribution in [-0.4, -0.2) is 17.1 Å². The summed E-state index contributed by atoms with van der Waals surface area (Å²) in [5.74, 6) is 1.72. The summed E-state index contributed by atoms with van der Waals surface area (Å²) >= 11 is 5.34. The van der Waals surface area contributed by atoms with Crippen molar-refractivity contribution in [3.05, 3.63) is 65.7 Å². The number of rotatable bonds is 5. The zero-order valence-corrected chi connectivity index (χ0v) is 17.8. The molecule has 1 amide bonds. The molecule has 2 aromatic rings. The maximum atomic E-state index is 12.3. The molecule has 0 unspecified atom stereocenters. The van der Waals surface area contributed by atoms with E-state index >= 15 is 0 Å². The molecular weight excluding hydrogens is 382 g/mol. The van der Waals surface area contributed by atoms with Crippen LogP contribution in [-0.2, 0) is 6.61 Å². The summed E-state index contributed by atoms with van der Waals surface area (Å²) in [4.78, 5) is 12.3. The molecule has 1 aliphatic carbocycles. The van der Waals surface area contributed by atoms with Gasteiger partial charge in [-0.2, -0.15) is 0 Å². The molecule has 2 aromatic carbocycles. The van der Waals surface area contributed by atoms with Crippen LogP contribution in [0.2, 0.25) is 0 Å². The number of benzene rings is 2. The minimum absolute atomic E-state index is 0.242. The number of carbonyl (C=O) groups excluding carboxylic acids is 1. The van der Waals surface area contributed by atoms with Crippen LogP contribution in [0.5, 0.6) is 5.75 Å². The summed E-state index contributed by atoms with van der Waals surface area (Å²) in [7, 11) is 0. The van der Waals surface area contributed by atoms with Gasteiger partial charge in [0, 0.05) is 11.6 Å². The summed E-state index contributed by atoms with van der Waals surface area (Å²) in [6.45, 7) is 5.03. The van der Waals surface area contributed by atoms with Gasteiger partial charge in [-0.05, 0) is 60.3 Å². The van der Waals surface area contributed by atoms with Crippen LogP contribution in [0.1, 0.15) is 49.0 Å². The van der Waals surface area contributed by atoms with Crippen molar-refractivity contribution in [2.24, 2.45) is 11.8 Å². The normalized spacial score (nSPS) is 21.1. The Hall–Kier alpha value is -2.60. The standard InChI is InChI=1S/C23H29N3O2S/c1-16-7-6-10-21(17(16)2)24-23(29)26-25-22(27)19-11-13-20(14-12-19)28-15-18-8-4-3-5-9-18/h3-5,8-9,11-14,16-17,21H,6-7,10,15H2,1-2H3,(H,25,27)(H2,24,26,29)/t16-,17-,21-/m1/s1. The van der Waals surface area contributed by atoms with E-state index in [9.17, 15) is 4.79 Å². The first kappa shape index (κ1) is 21.1. The zero-order valence-electron chi connectivity index (χ0n) is 17.0. The monoisotopic (exact) mass is 411 g/mol. The van der Waals surface area contributed by atoms with Crippen LogP contribution in [0, 0.1) is 11.8 Å². The quantitative estimate of drug-likeness (QED) is 0.508. The molecule has 154 valence electrons. The van der Waals surface area contributed by atoms with Gasteiger partial charge in [0.15, 0.2) is 5.11 Å². The van der Waals surface area contributed by atoms with Crippen molar-refractivity contribution in [1.82, 2.24) is 16.2 Å². The van der Waals surface area contributed by atoms with Crippen molar-refractivity contribution in [3.63, 3.8) is 0 Å². The summed E-state index contributed by atoms with van der Waals surface area (Å²) in [5, 5.41) is 3.78. The van der Waals surface area contributed by atoms with Crippen LogP contribution in [0.25, 0.3) is 0 Å².